The van der Waals surface area contributed by atoms with Gasteiger partial charge < -0.3 is 9.80 Å². The molecule has 0 bridgehead atoms. The molecule has 4 heterocycles. The van der Waals surface area contributed by atoms with E-state index in [1.807, 2.05) is 19.1 Å². The number of fused-ring (bicyclic) bond motifs is 1. The molecule has 1 aliphatic heterocycles. The molecule has 0 unspecified atom stereocenters. The zero-order valence-electron chi connectivity index (χ0n) is 13.5. The van der Waals surface area contributed by atoms with Gasteiger partial charge in [0.25, 0.3) is 0 Å². The van der Waals surface area contributed by atoms with Gasteiger partial charge >= 0.3 is 0 Å². The van der Waals surface area contributed by atoms with Crippen molar-refractivity contribution in [2.45, 2.75) is 20.8 Å². The Balaban J connectivity index is 1.50. The fourth-order valence-electron chi connectivity index (χ4n) is 2.77. The van der Waals surface area contributed by atoms with Crippen LogP contribution in [0.4, 0.5) is 10.9 Å². The molecule has 3 aromatic heterocycles. The molecule has 120 valence electrons. The van der Waals surface area contributed by atoms with E-state index < -0.39 is 0 Å². The lowest BCUT2D eigenvalue weighted by Gasteiger charge is -2.35. The van der Waals surface area contributed by atoms with E-state index in [-0.39, 0.29) is 0 Å². The Kier molecular flexibility index (Phi) is 3.41. The van der Waals surface area contributed by atoms with Gasteiger partial charge in [-0.25, -0.2) is 4.98 Å². The van der Waals surface area contributed by atoms with E-state index in [4.69, 9.17) is 0 Å². The lowest BCUT2D eigenvalue weighted by atomic mass is 10.3. The van der Waals surface area contributed by atoms with Crippen LogP contribution in [-0.2, 0) is 0 Å². The third-order valence-electron chi connectivity index (χ3n) is 4.30. The standard InChI is InChI=1S/C15H19N7S/c1-10-11(2)23-15(16-10)21-8-6-20(7-9-21)14-5-4-13-18-17-12(3)22(13)19-14/h4-5H,6-9H2,1-3H3. The van der Waals surface area contributed by atoms with Gasteiger partial charge in [0.15, 0.2) is 16.6 Å². The van der Waals surface area contributed by atoms with Crippen molar-refractivity contribution in [2.75, 3.05) is 36.0 Å². The summed E-state index contributed by atoms with van der Waals surface area (Å²) in [6.07, 6.45) is 0. The highest BCUT2D eigenvalue weighted by atomic mass is 32.1. The highest BCUT2D eigenvalue weighted by Crippen LogP contribution is 2.26. The van der Waals surface area contributed by atoms with E-state index in [0.29, 0.717) is 0 Å². The van der Waals surface area contributed by atoms with E-state index in [0.717, 1.165) is 54.3 Å². The SMILES string of the molecule is Cc1nc(N2CCN(c3ccc4nnc(C)n4n3)CC2)sc1C. The van der Waals surface area contributed by atoms with E-state index in [1.165, 1.54) is 4.88 Å². The first-order chi connectivity index (χ1) is 11.1. The van der Waals surface area contributed by atoms with Crippen molar-refractivity contribution in [1.82, 2.24) is 24.8 Å². The van der Waals surface area contributed by atoms with Gasteiger partial charge in [0.1, 0.15) is 5.82 Å². The molecule has 0 amide bonds. The molecule has 0 N–H and O–H groups in total. The molecule has 23 heavy (non-hydrogen) atoms. The van der Waals surface area contributed by atoms with Crippen molar-refractivity contribution in [2.24, 2.45) is 0 Å². The van der Waals surface area contributed by atoms with Crippen molar-refractivity contribution in [3.05, 3.63) is 28.5 Å². The maximum absolute atomic E-state index is 4.67. The van der Waals surface area contributed by atoms with Crippen LogP contribution in [0.1, 0.15) is 16.4 Å². The summed E-state index contributed by atoms with van der Waals surface area (Å²) in [5.41, 5.74) is 1.93. The summed E-state index contributed by atoms with van der Waals surface area (Å²) in [5.74, 6) is 1.79. The van der Waals surface area contributed by atoms with Gasteiger partial charge in [0.05, 0.1) is 5.69 Å². The maximum Gasteiger partial charge on any atom is 0.185 e. The van der Waals surface area contributed by atoms with E-state index in [2.05, 4.69) is 43.9 Å². The van der Waals surface area contributed by atoms with E-state index >= 15 is 0 Å². The molecule has 8 heteroatoms. The molecule has 3 aromatic rings. The van der Waals surface area contributed by atoms with E-state index in [9.17, 15) is 0 Å². The molecule has 0 aliphatic carbocycles. The molecule has 0 radical (unpaired) electrons. The van der Waals surface area contributed by atoms with Crippen molar-refractivity contribution in [1.29, 1.82) is 0 Å². The van der Waals surface area contributed by atoms with Gasteiger partial charge in [-0.2, -0.15) is 4.52 Å². The van der Waals surface area contributed by atoms with Crippen molar-refractivity contribution in [3.63, 3.8) is 0 Å². The number of hydrogen-bond donors (Lipinski definition) is 0. The number of piperazine rings is 1. The zero-order valence-corrected chi connectivity index (χ0v) is 14.3. The second kappa shape index (κ2) is 5.45. The predicted octanol–water partition coefficient (Wildman–Crippen LogP) is 1.83. The first kappa shape index (κ1) is 14.4. The Morgan fingerprint density at radius 1 is 0.957 bits per heavy atom. The Labute approximate surface area is 138 Å². The van der Waals surface area contributed by atoms with Gasteiger partial charge in [-0.15, -0.1) is 26.6 Å². The highest BCUT2D eigenvalue weighted by Gasteiger charge is 2.21. The first-order valence-electron chi connectivity index (χ1n) is 7.75. The van der Waals surface area contributed by atoms with Crippen LogP contribution in [0.25, 0.3) is 5.65 Å². The number of aryl methyl sites for hydroxylation is 3. The third-order valence-corrected chi connectivity index (χ3v) is 5.43. The minimum absolute atomic E-state index is 0.790. The van der Waals surface area contributed by atoms with Crippen LogP contribution in [0.5, 0.6) is 0 Å². The Hall–Kier alpha value is -2.22. The van der Waals surface area contributed by atoms with Crippen LogP contribution < -0.4 is 9.80 Å². The molecular weight excluding hydrogens is 310 g/mol. The summed E-state index contributed by atoms with van der Waals surface area (Å²) in [4.78, 5) is 10.6. The van der Waals surface area contributed by atoms with Gasteiger partial charge in [-0.1, -0.05) is 0 Å². The summed E-state index contributed by atoms with van der Waals surface area (Å²) in [5, 5.41) is 13.9. The molecule has 7 nitrogen and oxygen atoms in total. The summed E-state index contributed by atoms with van der Waals surface area (Å²) in [6.45, 7) is 9.94. The monoisotopic (exact) mass is 329 g/mol. The third kappa shape index (κ3) is 2.52. The second-order valence-electron chi connectivity index (χ2n) is 5.82. The summed E-state index contributed by atoms with van der Waals surface area (Å²) in [7, 11) is 0. The van der Waals surface area contributed by atoms with Crippen LogP contribution in [0, 0.1) is 20.8 Å². The van der Waals surface area contributed by atoms with Gasteiger partial charge in [-0.05, 0) is 32.9 Å². The minimum Gasteiger partial charge on any atom is -0.352 e. The van der Waals surface area contributed by atoms with Crippen LogP contribution in [0.3, 0.4) is 0 Å². The Bertz CT molecular complexity index is 825. The van der Waals surface area contributed by atoms with Crippen molar-refractivity contribution < 1.29 is 0 Å². The van der Waals surface area contributed by atoms with E-state index in [1.54, 1.807) is 15.9 Å². The number of anilines is 2. The number of nitrogens with zero attached hydrogens (tertiary/aromatic N) is 7. The molecule has 4 rings (SSSR count). The fraction of sp³-hybridized carbons (Fsp3) is 0.467. The minimum atomic E-state index is 0.790. The molecule has 0 atom stereocenters. The Morgan fingerprint density at radius 3 is 2.39 bits per heavy atom. The molecule has 0 saturated carbocycles. The lowest BCUT2D eigenvalue weighted by Crippen LogP contribution is -2.47. The summed E-state index contributed by atoms with van der Waals surface area (Å²) < 4.78 is 1.80. The normalized spacial score (nSPS) is 15.6. The topological polar surface area (TPSA) is 62.5 Å². The van der Waals surface area contributed by atoms with Crippen LogP contribution >= 0.6 is 11.3 Å². The number of aromatic nitrogens is 5. The summed E-state index contributed by atoms with van der Waals surface area (Å²) in [6, 6.07) is 4.00. The Morgan fingerprint density at radius 2 is 1.70 bits per heavy atom. The first-order valence-corrected chi connectivity index (χ1v) is 8.56. The number of hydrogen-bond acceptors (Lipinski definition) is 7. The average Bonchev–Trinajstić information content (AvgIpc) is 3.11. The molecule has 1 fully saturated rings. The lowest BCUT2D eigenvalue weighted by molar-refractivity contribution is 0.639. The van der Waals surface area contributed by atoms with Crippen LogP contribution in [0.15, 0.2) is 12.1 Å². The van der Waals surface area contributed by atoms with Crippen molar-refractivity contribution in [3.8, 4) is 0 Å². The molecule has 1 aliphatic rings. The van der Waals surface area contributed by atoms with Crippen molar-refractivity contribution >= 4 is 27.9 Å². The molecule has 0 aromatic carbocycles. The highest BCUT2D eigenvalue weighted by molar-refractivity contribution is 7.15. The molecule has 0 spiro atoms. The van der Waals surface area contributed by atoms with Gasteiger partial charge in [0.2, 0.25) is 0 Å². The number of rotatable bonds is 2. The zero-order chi connectivity index (χ0) is 16.0. The van der Waals surface area contributed by atoms with Crippen LogP contribution in [-0.4, -0.2) is 51.0 Å². The molecule has 1 saturated heterocycles. The second-order valence-corrected chi connectivity index (χ2v) is 7.00. The predicted molar refractivity (Wildman–Crippen MR) is 91.5 cm³/mol. The average molecular weight is 329 g/mol. The molecular formula is C15H19N7S. The quantitative estimate of drug-likeness (QED) is 0.715. The smallest absolute Gasteiger partial charge is 0.185 e. The summed E-state index contributed by atoms with van der Waals surface area (Å²) >= 11 is 1.78. The number of thiazole rings is 1. The van der Waals surface area contributed by atoms with Gasteiger partial charge in [-0.3, -0.25) is 0 Å². The maximum atomic E-state index is 4.67. The fourth-order valence-corrected chi connectivity index (χ4v) is 3.73. The largest absolute Gasteiger partial charge is 0.352 e. The van der Waals surface area contributed by atoms with Gasteiger partial charge in [0, 0.05) is 31.1 Å². The van der Waals surface area contributed by atoms with Crippen LogP contribution in [0.2, 0.25) is 0 Å².